The summed E-state index contributed by atoms with van der Waals surface area (Å²) in [5, 5.41) is 2.98. The minimum atomic E-state index is -3.59. The highest BCUT2D eigenvalue weighted by Gasteiger charge is 2.31. The van der Waals surface area contributed by atoms with Crippen LogP contribution in [0.1, 0.15) is 29.7 Å². The van der Waals surface area contributed by atoms with E-state index in [1.165, 1.54) is 4.31 Å². The number of nitrogens with one attached hydrogen (secondary N) is 1. The predicted octanol–water partition coefficient (Wildman–Crippen LogP) is 2.81. The van der Waals surface area contributed by atoms with Gasteiger partial charge in [0, 0.05) is 26.2 Å². The number of rotatable bonds is 4. The quantitative estimate of drug-likeness (QED) is 0.782. The van der Waals surface area contributed by atoms with E-state index in [-0.39, 0.29) is 32.0 Å². The summed E-state index contributed by atoms with van der Waals surface area (Å²) in [5.74, 6) is 1.37. The zero-order chi connectivity index (χ0) is 22.2. The summed E-state index contributed by atoms with van der Waals surface area (Å²) in [6, 6.07) is 10.6. The maximum absolute atomic E-state index is 13.1. The van der Waals surface area contributed by atoms with Crippen molar-refractivity contribution in [2.45, 2.75) is 31.7 Å². The van der Waals surface area contributed by atoms with Crippen LogP contribution in [0, 0.1) is 13.8 Å². The van der Waals surface area contributed by atoms with E-state index in [0.29, 0.717) is 29.5 Å². The summed E-state index contributed by atoms with van der Waals surface area (Å²) in [4.78, 5) is 14.7. The molecule has 0 aliphatic carbocycles. The van der Waals surface area contributed by atoms with E-state index in [0.717, 1.165) is 16.7 Å². The number of carbonyl (C=O) groups is 1. The molecule has 1 saturated heterocycles. The van der Waals surface area contributed by atoms with Crippen molar-refractivity contribution >= 4 is 16.1 Å². The van der Waals surface area contributed by atoms with E-state index in [2.05, 4.69) is 5.32 Å². The maximum atomic E-state index is 13.1. The molecule has 2 aromatic rings. The first-order valence-electron chi connectivity index (χ1n) is 10.3. The normalized spacial score (nSPS) is 17.5. The lowest BCUT2D eigenvalue weighted by Gasteiger charge is -2.35. The molecule has 2 aliphatic heterocycles. The van der Waals surface area contributed by atoms with Crippen molar-refractivity contribution in [3.63, 3.8) is 0 Å². The Balaban J connectivity index is 1.37. The van der Waals surface area contributed by atoms with Gasteiger partial charge in [-0.3, -0.25) is 0 Å². The summed E-state index contributed by atoms with van der Waals surface area (Å²) in [6.07, 6.45) is 0. The average molecular weight is 446 g/mol. The van der Waals surface area contributed by atoms with Gasteiger partial charge in [-0.25, -0.2) is 13.2 Å². The summed E-state index contributed by atoms with van der Waals surface area (Å²) in [7, 11) is -3.59. The van der Waals surface area contributed by atoms with Gasteiger partial charge in [-0.1, -0.05) is 18.2 Å². The molecule has 2 aliphatic rings. The van der Waals surface area contributed by atoms with Crippen LogP contribution in [0.4, 0.5) is 4.79 Å². The molecule has 0 saturated carbocycles. The number of carbonyl (C=O) groups excluding carboxylic acids is 1. The van der Waals surface area contributed by atoms with Crippen LogP contribution in [-0.2, 0) is 10.0 Å². The highest BCUT2D eigenvalue weighted by molar-refractivity contribution is 7.89. The molecule has 31 heavy (non-hydrogen) atoms. The number of urea groups is 1. The van der Waals surface area contributed by atoms with Gasteiger partial charge < -0.3 is 19.7 Å². The second-order valence-electron chi connectivity index (χ2n) is 7.94. The van der Waals surface area contributed by atoms with Crippen molar-refractivity contribution in [1.29, 1.82) is 0 Å². The number of ether oxygens (including phenoxy) is 2. The maximum Gasteiger partial charge on any atom is 0.317 e. The lowest BCUT2D eigenvalue weighted by molar-refractivity contribution is 0.169. The number of aryl methyl sites for hydroxylation is 2. The fourth-order valence-electron chi connectivity index (χ4n) is 3.80. The lowest BCUT2D eigenvalue weighted by atomic mass is 10.1. The molecule has 4 rings (SSSR count). The third kappa shape index (κ3) is 4.33. The Morgan fingerprint density at radius 2 is 1.71 bits per heavy atom. The molecule has 1 unspecified atom stereocenters. The topological polar surface area (TPSA) is 88.2 Å². The molecular formula is C22H27N3O5S. The average Bonchev–Trinajstić information content (AvgIpc) is 3.23. The molecule has 166 valence electrons. The minimum absolute atomic E-state index is 0.203. The standard InChI is InChI=1S/C22H27N3O5S/c1-15-4-5-16(2)21(12-15)31(27,28)25-10-8-24(9-11-25)22(26)23-17(3)18-6-7-19-20(13-18)30-14-29-19/h4-7,12-13,17H,8-11,14H2,1-3H3,(H,23,26). The second-order valence-corrected chi connectivity index (χ2v) is 9.85. The van der Waals surface area contributed by atoms with E-state index in [4.69, 9.17) is 9.47 Å². The van der Waals surface area contributed by atoms with E-state index >= 15 is 0 Å². The first-order chi connectivity index (χ1) is 14.8. The van der Waals surface area contributed by atoms with Crippen LogP contribution in [0.5, 0.6) is 11.5 Å². The fraction of sp³-hybridized carbons (Fsp3) is 0.409. The summed E-state index contributed by atoms with van der Waals surface area (Å²) >= 11 is 0. The molecule has 9 heteroatoms. The van der Waals surface area contributed by atoms with Crippen LogP contribution < -0.4 is 14.8 Å². The second kappa shape index (κ2) is 8.39. The summed E-state index contributed by atoms with van der Waals surface area (Å²) in [6.45, 7) is 6.98. The van der Waals surface area contributed by atoms with Crippen molar-refractivity contribution in [3.05, 3.63) is 53.1 Å². The fourth-order valence-corrected chi connectivity index (χ4v) is 5.53. The monoisotopic (exact) mass is 445 g/mol. The van der Waals surface area contributed by atoms with Crippen molar-refractivity contribution in [1.82, 2.24) is 14.5 Å². The Labute approximate surface area is 182 Å². The van der Waals surface area contributed by atoms with E-state index < -0.39 is 10.0 Å². The third-order valence-corrected chi connectivity index (χ3v) is 7.76. The molecular weight excluding hydrogens is 418 g/mol. The van der Waals surface area contributed by atoms with Crippen molar-refractivity contribution < 1.29 is 22.7 Å². The highest BCUT2D eigenvalue weighted by atomic mass is 32.2. The van der Waals surface area contributed by atoms with Crippen LogP contribution in [0.25, 0.3) is 0 Å². The zero-order valence-corrected chi connectivity index (χ0v) is 18.7. The van der Waals surface area contributed by atoms with Gasteiger partial charge in [-0.2, -0.15) is 4.31 Å². The molecule has 0 spiro atoms. The summed E-state index contributed by atoms with van der Waals surface area (Å²) < 4.78 is 38.3. The van der Waals surface area contributed by atoms with E-state index in [1.54, 1.807) is 17.9 Å². The molecule has 2 heterocycles. The number of fused-ring (bicyclic) bond motifs is 1. The Morgan fingerprint density at radius 3 is 2.45 bits per heavy atom. The largest absolute Gasteiger partial charge is 0.454 e. The summed E-state index contributed by atoms with van der Waals surface area (Å²) in [5.41, 5.74) is 2.54. The first kappa shape index (κ1) is 21.5. The van der Waals surface area contributed by atoms with Crippen LogP contribution in [-0.4, -0.2) is 56.6 Å². The van der Waals surface area contributed by atoms with Crippen molar-refractivity contribution in [2.24, 2.45) is 0 Å². The van der Waals surface area contributed by atoms with Gasteiger partial charge in [-0.15, -0.1) is 0 Å². The van der Waals surface area contributed by atoms with Gasteiger partial charge in [0.15, 0.2) is 11.5 Å². The first-order valence-corrected chi connectivity index (χ1v) is 11.7. The Kier molecular flexibility index (Phi) is 5.81. The molecule has 2 aromatic carbocycles. The molecule has 0 radical (unpaired) electrons. The molecule has 2 amide bonds. The number of amides is 2. The molecule has 8 nitrogen and oxygen atoms in total. The van der Waals surface area contributed by atoms with Crippen LogP contribution in [0.15, 0.2) is 41.3 Å². The van der Waals surface area contributed by atoms with Gasteiger partial charge in [0.1, 0.15) is 0 Å². The number of hydrogen-bond donors (Lipinski definition) is 1. The molecule has 1 N–H and O–H groups in total. The Bertz CT molecular complexity index is 1090. The smallest absolute Gasteiger partial charge is 0.317 e. The minimum Gasteiger partial charge on any atom is -0.454 e. The third-order valence-electron chi connectivity index (χ3n) is 5.72. The predicted molar refractivity (Wildman–Crippen MR) is 116 cm³/mol. The van der Waals surface area contributed by atoms with E-state index in [1.807, 2.05) is 44.2 Å². The van der Waals surface area contributed by atoms with Gasteiger partial charge in [0.2, 0.25) is 16.8 Å². The lowest BCUT2D eigenvalue weighted by Crippen LogP contribution is -2.53. The van der Waals surface area contributed by atoms with Crippen molar-refractivity contribution in [2.75, 3.05) is 33.0 Å². The van der Waals surface area contributed by atoms with Gasteiger partial charge >= 0.3 is 6.03 Å². The van der Waals surface area contributed by atoms with Crippen LogP contribution in [0.3, 0.4) is 0 Å². The number of hydrogen-bond acceptors (Lipinski definition) is 5. The number of sulfonamides is 1. The number of benzene rings is 2. The zero-order valence-electron chi connectivity index (χ0n) is 17.9. The number of piperazine rings is 1. The Hall–Kier alpha value is -2.78. The molecule has 0 bridgehead atoms. The molecule has 1 atom stereocenters. The van der Waals surface area contributed by atoms with Crippen molar-refractivity contribution in [3.8, 4) is 11.5 Å². The SMILES string of the molecule is Cc1ccc(C)c(S(=O)(=O)N2CCN(C(=O)NC(C)c3ccc4c(c3)OCO4)CC2)c1. The van der Waals surface area contributed by atoms with Gasteiger partial charge in [-0.05, 0) is 55.7 Å². The molecule has 0 aromatic heterocycles. The van der Waals surface area contributed by atoms with Gasteiger partial charge in [0.25, 0.3) is 0 Å². The van der Waals surface area contributed by atoms with Gasteiger partial charge in [0.05, 0.1) is 10.9 Å². The van der Waals surface area contributed by atoms with E-state index in [9.17, 15) is 13.2 Å². The van der Waals surface area contributed by atoms with Crippen LogP contribution in [0.2, 0.25) is 0 Å². The highest BCUT2D eigenvalue weighted by Crippen LogP contribution is 2.34. The Morgan fingerprint density at radius 1 is 1.00 bits per heavy atom. The molecule has 1 fully saturated rings. The van der Waals surface area contributed by atoms with Crippen LogP contribution >= 0.6 is 0 Å². The number of nitrogens with zero attached hydrogens (tertiary/aromatic N) is 2.